The Labute approximate surface area is 154 Å². The van der Waals surface area contributed by atoms with Crippen LogP contribution in [0, 0.1) is 6.92 Å². The predicted octanol–water partition coefficient (Wildman–Crippen LogP) is 1.94. The minimum absolute atomic E-state index is 0.302. The van der Waals surface area contributed by atoms with E-state index in [4.69, 9.17) is 4.74 Å². The number of hydrogen-bond acceptors (Lipinski definition) is 7. The van der Waals surface area contributed by atoms with Gasteiger partial charge in [-0.2, -0.15) is 0 Å². The fraction of sp³-hybridized carbons (Fsp3) is 0.353. The highest BCUT2D eigenvalue weighted by molar-refractivity contribution is 7.15. The van der Waals surface area contributed by atoms with Gasteiger partial charge in [0.2, 0.25) is 11.0 Å². The van der Waals surface area contributed by atoms with Crippen LogP contribution in [-0.4, -0.2) is 40.9 Å². The normalized spacial score (nSPS) is 14.5. The number of anilines is 2. The summed E-state index contributed by atoms with van der Waals surface area (Å²) in [5.74, 6) is -1.69. The fourth-order valence-electron chi connectivity index (χ4n) is 2.95. The van der Waals surface area contributed by atoms with Crippen LogP contribution < -0.4 is 10.2 Å². The summed E-state index contributed by atoms with van der Waals surface area (Å²) in [6, 6.07) is 4.32. The second-order valence-corrected chi connectivity index (χ2v) is 6.88. The molecular formula is C17H18N4O4S. The first-order chi connectivity index (χ1) is 12.5. The molecule has 1 aromatic carbocycles. The van der Waals surface area contributed by atoms with E-state index in [1.165, 1.54) is 16.2 Å². The SMILES string of the molecule is CCC(C(=O)Nc1nnc(COC)s1)N1C(=O)C(=O)c2cccc(C)c21. The average molecular weight is 374 g/mol. The van der Waals surface area contributed by atoms with E-state index < -0.39 is 23.6 Å². The van der Waals surface area contributed by atoms with Crippen LogP contribution in [0.3, 0.4) is 0 Å². The lowest BCUT2D eigenvalue weighted by molar-refractivity contribution is -0.121. The first-order valence-corrected chi connectivity index (χ1v) is 8.89. The number of ether oxygens (including phenoxy) is 1. The zero-order valence-electron chi connectivity index (χ0n) is 14.6. The number of hydrogen-bond donors (Lipinski definition) is 1. The zero-order valence-corrected chi connectivity index (χ0v) is 15.4. The van der Waals surface area contributed by atoms with Crippen LogP contribution >= 0.6 is 11.3 Å². The number of fused-ring (bicyclic) bond motifs is 1. The van der Waals surface area contributed by atoms with Crippen molar-refractivity contribution in [1.82, 2.24) is 10.2 Å². The largest absolute Gasteiger partial charge is 0.377 e. The van der Waals surface area contributed by atoms with Gasteiger partial charge in [-0.25, -0.2) is 0 Å². The van der Waals surface area contributed by atoms with Gasteiger partial charge in [0.1, 0.15) is 17.7 Å². The Morgan fingerprint density at radius 2 is 2.12 bits per heavy atom. The summed E-state index contributed by atoms with van der Waals surface area (Å²) >= 11 is 1.20. The van der Waals surface area contributed by atoms with Crippen molar-refractivity contribution < 1.29 is 19.1 Å². The first kappa shape index (κ1) is 18.2. The summed E-state index contributed by atoms with van der Waals surface area (Å²) in [6.45, 7) is 3.90. The first-order valence-electron chi connectivity index (χ1n) is 8.07. The molecule has 1 aromatic heterocycles. The average Bonchev–Trinajstić information content (AvgIpc) is 3.15. The molecule has 0 aliphatic carbocycles. The van der Waals surface area contributed by atoms with E-state index in [0.29, 0.717) is 34.4 Å². The summed E-state index contributed by atoms with van der Waals surface area (Å²) in [6.07, 6.45) is 0.350. The Morgan fingerprint density at radius 3 is 2.81 bits per heavy atom. The lowest BCUT2D eigenvalue weighted by Gasteiger charge is -2.26. The summed E-state index contributed by atoms with van der Waals surface area (Å²) < 4.78 is 4.98. The van der Waals surface area contributed by atoms with Crippen molar-refractivity contribution in [3.63, 3.8) is 0 Å². The van der Waals surface area contributed by atoms with Crippen LogP contribution in [0.15, 0.2) is 18.2 Å². The van der Waals surface area contributed by atoms with Crippen molar-refractivity contribution in [3.05, 3.63) is 34.3 Å². The van der Waals surface area contributed by atoms with Crippen LogP contribution in [0.1, 0.15) is 34.3 Å². The van der Waals surface area contributed by atoms with E-state index in [9.17, 15) is 14.4 Å². The summed E-state index contributed by atoms with van der Waals surface area (Å²) in [7, 11) is 1.54. The molecule has 2 amide bonds. The molecule has 3 rings (SSSR count). The predicted molar refractivity (Wildman–Crippen MR) is 96.3 cm³/mol. The van der Waals surface area contributed by atoms with E-state index in [1.807, 2.05) is 13.0 Å². The van der Waals surface area contributed by atoms with Gasteiger partial charge in [0.05, 0.1) is 11.3 Å². The van der Waals surface area contributed by atoms with Gasteiger partial charge >= 0.3 is 0 Å². The van der Waals surface area contributed by atoms with Crippen LogP contribution in [0.5, 0.6) is 0 Å². The number of para-hydroxylation sites is 1. The molecule has 0 radical (unpaired) electrons. The topological polar surface area (TPSA) is 101 Å². The zero-order chi connectivity index (χ0) is 18.8. The van der Waals surface area contributed by atoms with E-state index in [1.54, 1.807) is 26.2 Å². The maximum absolute atomic E-state index is 12.8. The van der Waals surface area contributed by atoms with E-state index in [2.05, 4.69) is 15.5 Å². The molecule has 1 atom stereocenters. The van der Waals surface area contributed by atoms with Gasteiger partial charge < -0.3 is 4.74 Å². The van der Waals surface area contributed by atoms with E-state index >= 15 is 0 Å². The van der Waals surface area contributed by atoms with E-state index in [0.717, 1.165) is 5.56 Å². The molecule has 136 valence electrons. The maximum Gasteiger partial charge on any atom is 0.300 e. The molecule has 0 fully saturated rings. The minimum Gasteiger partial charge on any atom is -0.377 e. The Kier molecular flexibility index (Phi) is 5.10. The molecule has 0 bridgehead atoms. The van der Waals surface area contributed by atoms with Gasteiger partial charge in [-0.3, -0.25) is 24.6 Å². The number of aromatic nitrogens is 2. The number of nitrogens with zero attached hydrogens (tertiary/aromatic N) is 3. The van der Waals surface area contributed by atoms with Crippen molar-refractivity contribution in [2.24, 2.45) is 0 Å². The number of benzene rings is 1. The van der Waals surface area contributed by atoms with Gasteiger partial charge in [0.15, 0.2) is 0 Å². The van der Waals surface area contributed by atoms with Crippen LogP contribution in [-0.2, 0) is 20.9 Å². The van der Waals surface area contributed by atoms with Crippen molar-refractivity contribution in [2.75, 3.05) is 17.3 Å². The molecule has 8 nitrogen and oxygen atoms in total. The lowest BCUT2D eigenvalue weighted by atomic mass is 10.1. The van der Waals surface area contributed by atoms with Crippen LogP contribution in [0.2, 0.25) is 0 Å². The molecule has 1 aliphatic rings. The van der Waals surface area contributed by atoms with Crippen molar-refractivity contribution in [3.8, 4) is 0 Å². The third-order valence-electron chi connectivity index (χ3n) is 4.10. The van der Waals surface area contributed by atoms with Crippen LogP contribution in [0.4, 0.5) is 10.8 Å². The quantitative estimate of drug-likeness (QED) is 0.776. The number of Topliss-reactive ketones (excluding diaryl/α,β-unsaturated/α-hetero) is 1. The summed E-state index contributed by atoms with van der Waals surface area (Å²) in [5.41, 5.74) is 1.60. The third-order valence-corrected chi connectivity index (χ3v) is 4.91. The minimum atomic E-state index is -0.816. The molecule has 9 heteroatoms. The molecule has 2 heterocycles. The molecular weight excluding hydrogens is 356 g/mol. The molecule has 1 aliphatic heterocycles. The number of carbonyl (C=O) groups excluding carboxylic acids is 3. The number of nitrogens with one attached hydrogen (secondary N) is 1. The highest BCUT2D eigenvalue weighted by Gasteiger charge is 2.42. The number of aryl methyl sites for hydroxylation is 1. The van der Waals surface area contributed by atoms with Gasteiger partial charge in [0.25, 0.3) is 11.7 Å². The Bertz CT molecular complexity index is 879. The Hall–Kier alpha value is -2.65. The van der Waals surface area contributed by atoms with Crippen molar-refractivity contribution in [1.29, 1.82) is 0 Å². The highest BCUT2D eigenvalue weighted by Crippen LogP contribution is 2.34. The third kappa shape index (κ3) is 3.11. The number of carbonyl (C=O) groups is 3. The summed E-state index contributed by atoms with van der Waals surface area (Å²) in [4.78, 5) is 38.8. The van der Waals surface area contributed by atoms with Crippen LogP contribution in [0.25, 0.3) is 0 Å². The summed E-state index contributed by atoms with van der Waals surface area (Å²) in [5, 5.41) is 11.4. The number of amides is 2. The highest BCUT2D eigenvalue weighted by atomic mass is 32.1. The second kappa shape index (κ2) is 7.30. The van der Waals surface area contributed by atoms with Gasteiger partial charge in [-0.05, 0) is 25.0 Å². The Balaban J connectivity index is 1.87. The molecule has 2 aromatic rings. The molecule has 0 saturated heterocycles. The van der Waals surface area contributed by atoms with Gasteiger partial charge in [-0.1, -0.05) is 30.4 Å². The second-order valence-electron chi connectivity index (χ2n) is 5.82. The van der Waals surface area contributed by atoms with E-state index in [-0.39, 0.29) is 0 Å². The molecule has 1 N–H and O–H groups in total. The number of ketones is 1. The Morgan fingerprint density at radius 1 is 1.35 bits per heavy atom. The molecule has 26 heavy (non-hydrogen) atoms. The van der Waals surface area contributed by atoms with Gasteiger partial charge in [0, 0.05) is 7.11 Å². The number of rotatable bonds is 6. The lowest BCUT2D eigenvalue weighted by Crippen LogP contribution is -2.46. The standard InChI is InChI=1S/C17H18N4O4S/c1-4-11(15(23)18-17-20-19-12(26-17)8-25-3)21-13-9(2)6-5-7-10(13)14(22)16(21)24/h5-7,11H,4,8H2,1-3H3,(H,18,20,23). The van der Waals surface area contributed by atoms with Crippen molar-refractivity contribution >= 4 is 39.8 Å². The number of methoxy groups -OCH3 is 1. The molecule has 0 saturated carbocycles. The maximum atomic E-state index is 12.8. The molecule has 0 spiro atoms. The smallest absolute Gasteiger partial charge is 0.300 e. The van der Waals surface area contributed by atoms with Gasteiger partial charge in [-0.15, -0.1) is 10.2 Å². The fourth-order valence-corrected chi connectivity index (χ4v) is 3.66. The monoisotopic (exact) mass is 374 g/mol. The molecule has 1 unspecified atom stereocenters. The van der Waals surface area contributed by atoms with Crippen molar-refractivity contribution in [2.45, 2.75) is 32.9 Å².